The summed E-state index contributed by atoms with van der Waals surface area (Å²) in [6, 6.07) is 0. The van der Waals surface area contributed by atoms with Crippen LogP contribution in [-0.4, -0.2) is 11.3 Å². The number of aromatic hydroxyl groups is 1. The Morgan fingerprint density at radius 2 is 1.24 bits per heavy atom. The van der Waals surface area contributed by atoms with Crippen molar-refractivity contribution in [3.8, 4) is 5.75 Å². The van der Waals surface area contributed by atoms with Crippen molar-refractivity contribution in [2.24, 2.45) is 0 Å². The molecule has 0 spiro atoms. The molecule has 0 amide bonds. The predicted octanol–water partition coefficient (Wildman–Crippen LogP) is 3.52. The van der Waals surface area contributed by atoms with Crippen LogP contribution in [-0.2, 0) is 0 Å². The number of halogens is 7. The Morgan fingerprint density at radius 1 is 0.882 bits per heavy atom. The first-order chi connectivity index (χ1) is 7.59. The van der Waals surface area contributed by atoms with Gasteiger partial charge in [0.15, 0.2) is 17.4 Å². The van der Waals surface area contributed by atoms with E-state index in [1.54, 1.807) is 0 Å². The minimum absolute atomic E-state index is 2.00. The van der Waals surface area contributed by atoms with Crippen molar-refractivity contribution in [2.45, 2.75) is 6.18 Å². The number of allylic oxidation sites excluding steroid dienone is 1. The highest BCUT2D eigenvalue weighted by Crippen LogP contribution is 2.38. The minimum atomic E-state index is -5.27. The minimum Gasteiger partial charge on any atom is -0.503 e. The Hall–Kier alpha value is -1.73. The van der Waals surface area contributed by atoms with Crippen LogP contribution < -0.4 is 0 Å². The van der Waals surface area contributed by atoms with E-state index in [9.17, 15) is 30.7 Å². The maximum atomic E-state index is 13.0. The van der Waals surface area contributed by atoms with Crippen LogP contribution in [0.3, 0.4) is 0 Å². The van der Waals surface area contributed by atoms with Gasteiger partial charge in [-0.05, 0) is 0 Å². The number of phenolic OH excluding ortho intramolecular Hbond substituents is 1. The lowest BCUT2D eigenvalue weighted by atomic mass is 10.0. The van der Waals surface area contributed by atoms with Crippen molar-refractivity contribution in [3.63, 3.8) is 0 Å². The average molecular weight is 260 g/mol. The molecular formula is C9H3F7O. The first kappa shape index (κ1) is 13.3. The summed E-state index contributed by atoms with van der Waals surface area (Å²) in [6.45, 7) is 2.31. The number of hydrogen-bond donors (Lipinski definition) is 1. The first-order valence-corrected chi connectivity index (χ1v) is 3.90. The van der Waals surface area contributed by atoms with E-state index in [0.29, 0.717) is 0 Å². The van der Waals surface area contributed by atoms with Gasteiger partial charge in [0.25, 0.3) is 0 Å². The maximum absolute atomic E-state index is 13.0. The second kappa shape index (κ2) is 3.94. The Kier molecular flexibility index (Phi) is 3.09. The van der Waals surface area contributed by atoms with Gasteiger partial charge in [0.2, 0.25) is 11.6 Å². The lowest BCUT2D eigenvalue weighted by Gasteiger charge is -2.13. The molecule has 8 heteroatoms. The van der Waals surface area contributed by atoms with Gasteiger partial charge in [0, 0.05) is 0 Å². The summed E-state index contributed by atoms with van der Waals surface area (Å²) in [4.78, 5) is 0. The van der Waals surface area contributed by atoms with Crippen molar-refractivity contribution in [1.82, 2.24) is 0 Å². The lowest BCUT2D eigenvalue weighted by molar-refractivity contribution is -0.0691. The van der Waals surface area contributed by atoms with Crippen LogP contribution in [0.5, 0.6) is 5.75 Å². The molecule has 0 aliphatic heterocycles. The Bertz CT molecular complexity index is 460. The molecule has 1 aromatic carbocycles. The molecule has 1 rings (SSSR count). The zero-order chi connectivity index (χ0) is 13.5. The van der Waals surface area contributed by atoms with Gasteiger partial charge in [-0.25, -0.2) is 8.78 Å². The molecule has 0 unspecified atom stereocenters. The lowest BCUT2D eigenvalue weighted by Crippen LogP contribution is -2.14. The Morgan fingerprint density at radius 3 is 1.53 bits per heavy atom. The fraction of sp³-hybridized carbons (Fsp3) is 0.111. The summed E-state index contributed by atoms with van der Waals surface area (Å²) < 4.78 is 87.8. The molecular weight excluding hydrogens is 257 g/mol. The van der Waals surface area contributed by atoms with Gasteiger partial charge in [-0.15, -0.1) is 0 Å². The molecule has 0 saturated carbocycles. The molecule has 0 atom stereocenters. The Balaban J connectivity index is 3.62. The van der Waals surface area contributed by atoms with E-state index in [2.05, 4.69) is 6.58 Å². The topological polar surface area (TPSA) is 20.2 Å². The van der Waals surface area contributed by atoms with Crippen LogP contribution in [0, 0.1) is 23.3 Å². The second-order valence-corrected chi connectivity index (χ2v) is 2.96. The molecule has 0 aromatic heterocycles. The fourth-order valence-corrected chi connectivity index (χ4v) is 1.03. The molecule has 94 valence electrons. The molecule has 0 aliphatic carbocycles. The van der Waals surface area contributed by atoms with Crippen molar-refractivity contribution in [3.05, 3.63) is 35.4 Å². The van der Waals surface area contributed by atoms with E-state index in [1.807, 2.05) is 0 Å². The Labute approximate surface area is 89.8 Å². The van der Waals surface area contributed by atoms with Crippen LogP contribution in [0.2, 0.25) is 0 Å². The van der Waals surface area contributed by atoms with Gasteiger partial charge >= 0.3 is 6.18 Å². The van der Waals surface area contributed by atoms with Crippen molar-refractivity contribution in [2.75, 3.05) is 0 Å². The first-order valence-electron chi connectivity index (χ1n) is 3.90. The summed E-state index contributed by atoms with van der Waals surface area (Å²) in [5, 5.41) is 8.54. The largest absolute Gasteiger partial charge is 0.503 e. The van der Waals surface area contributed by atoms with Gasteiger partial charge in [-0.2, -0.15) is 22.0 Å². The summed E-state index contributed by atoms with van der Waals surface area (Å²) in [7, 11) is 0. The second-order valence-electron chi connectivity index (χ2n) is 2.96. The van der Waals surface area contributed by atoms with Gasteiger partial charge in [-0.3, -0.25) is 0 Å². The summed E-state index contributed by atoms with van der Waals surface area (Å²) >= 11 is 0. The van der Waals surface area contributed by atoms with E-state index in [1.165, 1.54) is 0 Å². The van der Waals surface area contributed by atoms with E-state index >= 15 is 0 Å². The number of rotatable bonds is 1. The van der Waals surface area contributed by atoms with Gasteiger partial charge in [-0.1, -0.05) is 6.58 Å². The van der Waals surface area contributed by atoms with Crippen LogP contribution >= 0.6 is 0 Å². The van der Waals surface area contributed by atoms with Gasteiger partial charge < -0.3 is 5.11 Å². The third-order valence-electron chi connectivity index (χ3n) is 1.88. The maximum Gasteiger partial charge on any atom is 0.416 e. The number of phenols is 1. The molecule has 17 heavy (non-hydrogen) atoms. The molecule has 0 radical (unpaired) electrons. The van der Waals surface area contributed by atoms with Crippen molar-refractivity contribution in [1.29, 1.82) is 0 Å². The molecule has 1 aromatic rings. The zero-order valence-electron chi connectivity index (χ0n) is 7.80. The zero-order valence-corrected chi connectivity index (χ0v) is 7.80. The van der Waals surface area contributed by atoms with Crippen LogP contribution in [0.15, 0.2) is 6.58 Å². The van der Waals surface area contributed by atoms with E-state index in [0.717, 1.165) is 0 Å². The molecule has 0 saturated heterocycles. The molecule has 0 heterocycles. The third-order valence-corrected chi connectivity index (χ3v) is 1.88. The fourth-order valence-electron chi connectivity index (χ4n) is 1.03. The highest BCUT2D eigenvalue weighted by Gasteiger charge is 2.39. The van der Waals surface area contributed by atoms with Crippen LogP contribution in [0.1, 0.15) is 5.56 Å². The molecule has 0 fully saturated rings. The highest BCUT2D eigenvalue weighted by atomic mass is 19.4. The van der Waals surface area contributed by atoms with Crippen LogP contribution in [0.25, 0.3) is 5.57 Å². The molecule has 0 aliphatic rings. The quantitative estimate of drug-likeness (QED) is 0.605. The summed E-state index contributed by atoms with van der Waals surface area (Å²) in [6.07, 6.45) is -5.27. The molecule has 1 N–H and O–H groups in total. The van der Waals surface area contributed by atoms with E-state index in [4.69, 9.17) is 5.11 Å². The van der Waals surface area contributed by atoms with Crippen molar-refractivity contribution < 1.29 is 35.8 Å². The molecule has 0 bridgehead atoms. The van der Waals surface area contributed by atoms with E-state index in [-0.39, 0.29) is 0 Å². The summed E-state index contributed by atoms with van der Waals surface area (Å²) in [5.74, 6) is -11.4. The SMILES string of the molecule is C=C(c1c(F)c(F)c(O)c(F)c1F)C(F)(F)F. The van der Waals surface area contributed by atoms with Crippen LogP contribution in [0.4, 0.5) is 30.7 Å². The van der Waals surface area contributed by atoms with Gasteiger partial charge in [0.1, 0.15) is 0 Å². The number of hydrogen-bond acceptors (Lipinski definition) is 1. The van der Waals surface area contributed by atoms with Gasteiger partial charge in [0.05, 0.1) is 11.1 Å². The average Bonchev–Trinajstić information content (AvgIpc) is 2.22. The van der Waals surface area contributed by atoms with E-state index < -0.39 is 46.3 Å². The smallest absolute Gasteiger partial charge is 0.416 e. The standard InChI is InChI=1S/C9H3F7O/c1-2(9(14,15)16)3-4(10)6(12)8(17)7(13)5(3)11/h17H,1H2. The number of benzene rings is 1. The third kappa shape index (κ3) is 2.06. The van der Waals surface area contributed by atoms with Crippen molar-refractivity contribution >= 4 is 5.57 Å². The monoisotopic (exact) mass is 260 g/mol. The summed E-state index contributed by atoms with van der Waals surface area (Å²) in [5.41, 5.74) is -4.09. The predicted molar refractivity (Wildman–Crippen MR) is 43.0 cm³/mol. The molecule has 1 nitrogen and oxygen atoms in total. The number of alkyl halides is 3. The normalized spacial score (nSPS) is 11.7. The highest BCUT2D eigenvalue weighted by molar-refractivity contribution is 5.69.